The van der Waals surface area contributed by atoms with E-state index in [-0.39, 0.29) is 36.4 Å². The number of halogens is 1. The molecule has 2 atom stereocenters. The topological polar surface area (TPSA) is 94.8 Å². The maximum absolute atomic E-state index is 13.8. The van der Waals surface area contributed by atoms with Crippen LogP contribution in [-0.4, -0.2) is 34.7 Å². The highest BCUT2D eigenvalue weighted by Crippen LogP contribution is 2.33. The Hall–Kier alpha value is -3.75. The summed E-state index contributed by atoms with van der Waals surface area (Å²) in [4.78, 5) is 30.6. The Morgan fingerprint density at radius 3 is 2.84 bits per heavy atom. The fraction of sp³-hybridized carbons (Fsp3) is 0.304. The zero-order valence-corrected chi connectivity index (χ0v) is 17.9. The maximum atomic E-state index is 13.8. The molecule has 2 unspecified atom stereocenters. The minimum absolute atomic E-state index is 0.0265. The largest absolute Gasteiger partial charge is 0.479 e. The first-order chi connectivity index (χ1) is 15.3. The van der Waals surface area contributed by atoms with E-state index in [2.05, 4.69) is 10.1 Å². The molecule has 4 rings (SSSR count). The van der Waals surface area contributed by atoms with Crippen molar-refractivity contribution in [2.45, 2.75) is 39.4 Å². The summed E-state index contributed by atoms with van der Waals surface area (Å²) in [6.45, 7) is 5.07. The van der Waals surface area contributed by atoms with Gasteiger partial charge in [-0.15, -0.1) is 0 Å². The average Bonchev–Trinajstić information content (AvgIpc) is 3.26. The van der Waals surface area contributed by atoms with Gasteiger partial charge in [0.2, 0.25) is 5.82 Å². The van der Waals surface area contributed by atoms with Crippen LogP contribution in [0.15, 0.2) is 47.0 Å². The molecule has 2 aromatic carbocycles. The van der Waals surface area contributed by atoms with Crippen LogP contribution in [0, 0.1) is 12.7 Å². The fourth-order valence-electron chi connectivity index (χ4n) is 3.35. The van der Waals surface area contributed by atoms with Crippen molar-refractivity contribution < 1.29 is 28.0 Å². The monoisotopic (exact) mass is 439 g/mol. The number of carbonyl (C=O) groups is 2. The quantitative estimate of drug-likeness (QED) is 0.536. The first-order valence-corrected chi connectivity index (χ1v) is 10.2. The van der Waals surface area contributed by atoms with Gasteiger partial charge in [0, 0.05) is 12.1 Å². The highest BCUT2D eigenvalue weighted by molar-refractivity contribution is 6.00. The smallest absolute Gasteiger partial charge is 0.308 e. The molecule has 9 heteroatoms. The van der Waals surface area contributed by atoms with Gasteiger partial charge in [-0.2, -0.15) is 4.98 Å². The van der Waals surface area contributed by atoms with Crippen LogP contribution >= 0.6 is 0 Å². The Balaban J connectivity index is 1.38. The van der Waals surface area contributed by atoms with Crippen LogP contribution in [0.5, 0.6) is 5.75 Å². The van der Waals surface area contributed by atoms with Crippen molar-refractivity contribution in [1.29, 1.82) is 0 Å². The molecular weight excluding hydrogens is 417 g/mol. The van der Waals surface area contributed by atoms with Gasteiger partial charge in [-0.1, -0.05) is 29.4 Å². The van der Waals surface area contributed by atoms with Crippen molar-refractivity contribution in [1.82, 2.24) is 10.1 Å². The molecule has 0 fully saturated rings. The third-order valence-corrected chi connectivity index (χ3v) is 5.14. The van der Waals surface area contributed by atoms with E-state index in [0.29, 0.717) is 22.6 Å². The van der Waals surface area contributed by atoms with Crippen molar-refractivity contribution in [3.63, 3.8) is 0 Å². The molecule has 2 heterocycles. The highest BCUT2D eigenvalue weighted by Gasteiger charge is 2.31. The van der Waals surface area contributed by atoms with Crippen molar-refractivity contribution in [3.05, 3.63) is 59.7 Å². The number of hydrogen-bond donors (Lipinski definition) is 0. The van der Waals surface area contributed by atoms with Crippen molar-refractivity contribution in [2.75, 3.05) is 11.4 Å². The SMILES string of the molecule is Cc1ccc(-c2noc(C(C)OC(=O)CCN3C(=O)C(C)Oc4ccccc43)n2)cc1F. The Kier molecular flexibility index (Phi) is 5.89. The summed E-state index contributed by atoms with van der Waals surface area (Å²) in [7, 11) is 0. The number of para-hydroxylation sites is 2. The Bertz CT molecular complexity index is 1160. The molecule has 0 aliphatic carbocycles. The molecule has 3 aromatic rings. The number of rotatable bonds is 6. The highest BCUT2D eigenvalue weighted by atomic mass is 19.1. The molecule has 1 amide bonds. The zero-order valence-electron chi connectivity index (χ0n) is 17.9. The first-order valence-electron chi connectivity index (χ1n) is 10.2. The molecule has 0 saturated heterocycles. The third-order valence-electron chi connectivity index (χ3n) is 5.14. The molecule has 0 radical (unpaired) electrons. The van der Waals surface area contributed by atoms with Crippen LogP contribution in [0.25, 0.3) is 11.4 Å². The number of ether oxygens (including phenoxy) is 2. The zero-order chi connectivity index (χ0) is 22.8. The fourth-order valence-corrected chi connectivity index (χ4v) is 3.35. The number of aryl methyl sites for hydroxylation is 1. The molecule has 8 nitrogen and oxygen atoms in total. The number of esters is 1. The van der Waals surface area contributed by atoms with Gasteiger partial charge in [-0.25, -0.2) is 4.39 Å². The minimum atomic E-state index is -0.800. The van der Waals surface area contributed by atoms with E-state index in [0.717, 1.165) is 0 Å². The molecule has 0 bridgehead atoms. The molecule has 166 valence electrons. The number of amides is 1. The van der Waals surface area contributed by atoms with E-state index in [4.69, 9.17) is 14.0 Å². The lowest BCUT2D eigenvalue weighted by Gasteiger charge is -2.32. The summed E-state index contributed by atoms with van der Waals surface area (Å²) in [5, 5.41) is 3.84. The first kappa shape index (κ1) is 21.5. The lowest BCUT2D eigenvalue weighted by atomic mass is 10.1. The van der Waals surface area contributed by atoms with Gasteiger partial charge in [-0.3, -0.25) is 9.59 Å². The summed E-state index contributed by atoms with van der Waals surface area (Å²) < 4.78 is 30.0. The van der Waals surface area contributed by atoms with E-state index in [1.165, 1.54) is 11.0 Å². The van der Waals surface area contributed by atoms with E-state index in [1.54, 1.807) is 51.1 Å². The second kappa shape index (κ2) is 8.78. The van der Waals surface area contributed by atoms with Gasteiger partial charge >= 0.3 is 5.97 Å². The van der Waals surface area contributed by atoms with Gasteiger partial charge in [-0.05, 0) is 44.5 Å². The van der Waals surface area contributed by atoms with Gasteiger partial charge in [0.1, 0.15) is 11.6 Å². The van der Waals surface area contributed by atoms with Crippen molar-refractivity contribution in [2.24, 2.45) is 0 Å². The number of fused-ring (bicyclic) bond motifs is 1. The molecule has 32 heavy (non-hydrogen) atoms. The summed E-state index contributed by atoms with van der Waals surface area (Å²) in [6.07, 6.45) is -1.46. The molecule has 0 saturated carbocycles. The second-order valence-corrected chi connectivity index (χ2v) is 7.52. The number of aromatic nitrogens is 2. The number of carbonyl (C=O) groups excluding carboxylic acids is 2. The second-order valence-electron chi connectivity index (χ2n) is 7.52. The van der Waals surface area contributed by atoms with Gasteiger partial charge in [0.25, 0.3) is 11.8 Å². The molecule has 0 N–H and O–H groups in total. The van der Waals surface area contributed by atoms with Crippen LogP contribution in [0.3, 0.4) is 0 Å². The Labute approximate surface area is 183 Å². The predicted octanol–water partition coefficient (Wildman–Crippen LogP) is 3.99. The molecule has 1 aromatic heterocycles. The third kappa shape index (κ3) is 4.32. The standard InChI is InChI=1S/C23H22FN3O5/c1-13-8-9-16(12-17(13)24)21-25-22(32-26-21)14(2)31-20(28)10-11-27-18-6-4-5-7-19(18)30-15(3)23(27)29/h4-9,12,14-15H,10-11H2,1-3H3. The van der Waals surface area contributed by atoms with E-state index >= 15 is 0 Å². The van der Waals surface area contributed by atoms with Crippen LogP contribution in [0.1, 0.15) is 37.8 Å². The summed E-state index contributed by atoms with van der Waals surface area (Å²) in [6, 6.07) is 11.8. The number of anilines is 1. The summed E-state index contributed by atoms with van der Waals surface area (Å²) in [5.41, 5.74) is 1.58. The summed E-state index contributed by atoms with van der Waals surface area (Å²) >= 11 is 0. The number of hydrogen-bond acceptors (Lipinski definition) is 7. The van der Waals surface area contributed by atoms with Gasteiger partial charge in [0.05, 0.1) is 12.1 Å². The van der Waals surface area contributed by atoms with E-state index in [9.17, 15) is 14.0 Å². The molecular formula is C23H22FN3O5. The Morgan fingerprint density at radius 1 is 1.28 bits per heavy atom. The van der Waals surface area contributed by atoms with Gasteiger partial charge in [0.15, 0.2) is 12.2 Å². The van der Waals surface area contributed by atoms with Crippen LogP contribution in [0.2, 0.25) is 0 Å². The van der Waals surface area contributed by atoms with Crippen LogP contribution in [-0.2, 0) is 14.3 Å². The van der Waals surface area contributed by atoms with Crippen molar-refractivity contribution in [3.8, 4) is 17.1 Å². The lowest BCUT2D eigenvalue weighted by Crippen LogP contribution is -2.45. The predicted molar refractivity (Wildman–Crippen MR) is 112 cm³/mol. The van der Waals surface area contributed by atoms with E-state index in [1.807, 2.05) is 6.07 Å². The normalized spacial score (nSPS) is 16.3. The molecule has 0 spiro atoms. The van der Waals surface area contributed by atoms with E-state index < -0.39 is 18.2 Å². The molecule has 1 aliphatic rings. The van der Waals surface area contributed by atoms with Crippen molar-refractivity contribution >= 4 is 17.6 Å². The minimum Gasteiger partial charge on any atom is -0.479 e. The van der Waals surface area contributed by atoms with Crippen LogP contribution in [0.4, 0.5) is 10.1 Å². The number of benzene rings is 2. The average molecular weight is 439 g/mol. The lowest BCUT2D eigenvalue weighted by molar-refractivity contribution is -0.149. The Morgan fingerprint density at radius 2 is 2.06 bits per heavy atom. The molecule has 1 aliphatic heterocycles. The number of nitrogens with zero attached hydrogens (tertiary/aromatic N) is 3. The van der Waals surface area contributed by atoms with Gasteiger partial charge < -0.3 is 18.9 Å². The maximum Gasteiger partial charge on any atom is 0.308 e. The summed E-state index contributed by atoms with van der Waals surface area (Å²) in [5.74, 6) is -0.240. The van der Waals surface area contributed by atoms with Crippen LogP contribution < -0.4 is 9.64 Å².